The van der Waals surface area contributed by atoms with Gasteiger partial charge >= 0.3 is 0 Å². The van der Waals surface area contributed by atoms with Crippen molar-refractivity contribution < 1.29 is 9.53 Å². The van der Waals surface area contributed by atoms with Crippen LogP contribution in [-0.2, 0) is 4.74 Å². The van der Waals surface area contributed by atoms with Gasteiger partial charge in [0, 0.05) is 31.5 Å². The number of hydrogen-bond acceptors (Lipinski definition) is 6. The number of anilines is 3. The molecule has 0 aliphatic carbocycles. The number of morpholine rings is 1. The van der Waals surface area contributed by atoms with Gasteiger partial charge in [0.1, 0.15) is 5.69 Å². The Hall–Kier alpha value is -2.64. The molecule has 1 amide bonds. The fraction of sp³-hybridized carbons (Fsp3) is 0.429. The van der Waals surface area contributed by atoms with E-state index in [9.17, 15) is 4.79 Å². The molecule has 7 nitrogen and oxygen atoms in total. The average molecular weight is 383 g/mol. The van der Waals surface area contributed by atoms with Crippen LogP contribution in [-0.4, -0.2) is 69.3 Å². The Morgan fingerprint density at radius 1 is 1.21 bits per heavy atom. The molecule has 28 heavy (non-hydrogen) atoms. The molecular weight excluding hydrogens is 354 g/mol. The number of hydrogen-bond donors (Lipinski definition) is 2. The lowest BCUT2D eigenvalue weighted by Gasteiger charge is -2.30. The first kappa shape index (κ1) is 20.1. The van der Waals surface area contributed by atoms with E-state index >= 15 is 0 Å². The van der Waals surface area contributed by atoms with E-state index in [0.29, 0.717) is 18.9 Å². The Morgan fingerprint density at radius 2 is 2.00 bits per heavy atom. The van der Waals surface area contributed by atoms with Gasteiger partial charge in [-0.25, -0.2) is 0 Å². The number of para-hydroxylation sites is 2. The molecule has 2 N–H and O–H groups in total. The minimum absolute atomic E-state index is 0.211. The highest BCUT2D eigenvalue weighted by Crippen LogP contribution is 2.26. The summed E-state index contributed by atoms with van der Waals surface area (Å²) < 4.78 is 5.43. The molecule has 1 saturated heterocycles. The van der Waals surface area contributed by atoms with Gasteiger partial charge in [0.05, 0.1) is 24.6 Å². The zero-order valence-corrected chi connectivity index (χ0v) is 16.6. The van der Waals surface area contributed by atoms with Crippen molar-refractivity contribution in [2.24, 2.45) is 0 Å². The van der Waals surface area contributed by atoms with E-state index in [2.05, 4.69) is 39.5 Å². The van der Waals surface area contributed by atoms with E-state index in [-0.39, 0.29) is 5.91 Å². The molecule has 0 spiro atoms. The van der Waals surface area contributed by atoms with Crippen LogP contribution in [0.5, 0.6) is 0 Å². The largest absolute Gasteiger partial charge is 0.385 e. The van der Waals surface area contributed by atoms with Crippen molar-refractivity contribution in [2.45, 2.75) is 6.42 Å². The number of pyridine rings is 1. The minimum atomic E-state index is -0.211. The first-order valence-corrected chi connectivity index (χ1v) is 9.71. The average Bonchev–Trinajstić information content (AvgIpc) is 2.72. The van der Waals surface area contributed by atoms with Crippen LogP contribution in [0.3, 0.4) is 0 Å². The van der Waals surface area contributed by atoms with E-state index < -0.39 is 0 Å². The summed E-state index contributed by atoms with van der Waals surface area (Å²) in [5.41, 5.74) is 3.10. The van der Waals surface area contributed by atoms with Gasteiger partial charge in [0.2, 0.25) is 0 Å². The predicted molar refractivity (Wildman–Crippen MR) is 113 cm³/mol. The number of nitrogens with one attached hydrogen (secondary N) is 2. The molecule has 0 bridgehead atoms. The number of amides is 1. The Bertz CT molecular complexity index is 775. The second kappa shape index (κ2) is 10.1. The fourth-order valence-corrected chi connectivity index (χ4v) is 3.14. The molecule has 3 rings (SSSR count). The van der Waals surface area contributed by atoms with Gasteiger partial charge in [-0.1, -0.05) is 12.1 Å². The van der Waals surface area contributed by atoms with Gasteiger partial charge < -0.3 is 25.2 Å². The smallest absolute Gasteiger partial charge is 0.274 e. The van der Waals surface area contributed by atoms with Crippen LogP contribution < -0.4 is 15.5 Å². The molecule has 150 valence electrons. The molecule has 0 saturated carbocycles. The van der Waals surface area contributed by atoms with E-state index in [0.717, 1.165) is 49.7 Å². The highest BCUT2D eigenvalue weighted by molar-refractivity contribution is 6.05. The number of rotatable bonds is 8. The number of ether oxygens (including phenoxy) is 1. The van der Waals surface area contributed by atoms with Gasteiger partial charge in [-0.2, -0.15) is 0 Å². The van der Waals surface area contributed by atoms with Crippen molar-refractivity contribution in [2.75, 3.05) is 69.0 Å². The summed E-state index contributed by atoms with van der Waals surface area (Å²) in [5, 5.41) is 6.37. The number of carbonyl (C=O) groups excluding carboxylic acids is 1. The standard InChI is InChI=1S/C21H29N5O2/c1-25(2)11-5-9-22-17-8-10-23-19(16-17)21(27)24-18-6-3-4-7-20(18)26-12-14-28-15-13-26/h3-4,6-8,10,16H,5,9,11-15H2,1-2H3,(H,22,23)(H,24,27). The van der Waals surface area contributed by atoms with Crippen molar-refractivity contribution in [3.63, 3.8) is 0 Å². The van der Waals surface area contributed by atoms with Crippen molar-refractivity contribution in [3.05, 3.63) is 48.3 Å². The lowest BCUT2D eigenvalue weighted by molar-refractivity contribution is 0.102. The lowest BCUT2D eigenvalue weighted by atomic mass is 10.2. The molecule has 1 aromatic carbocycles. The number of nitrogens with zero attached hydrogens (tertiary/aromatic N) is 3. The van der Waals surface area contributed by atoms with Crippen LogP contribution in [0.4, 0.5) is 17.1 Å². The molecule has 1 aromatic heterocycles. The van der Waals surface area contributed by atoms with Gasteiger partial charge in [0.25, 0.3) is 5.91 Å². The Kier molecular flexibility index (Phi) is 7.22. The maximum absolute atomic E-state index is 12.8. The quantitative estimate of drug-likeness (QED) is 0.683. The topological polar surface area (TPSA) is 69.7 Å². The van der Waals surface area contributed by atoms with Crippen molar-refractivity contribution in [1.29, 1.82) is 0 Å². The zero-order chi connectivity index (χ0) is 19.8. The third-order valence-electron chi connectivity index (χ3n) is 4.61. The van der Waals surface area contributed by atoms with Crippen LogP contribution in [0.15, 0.2) is 42.6 Å². The van der Waals surface area contributed by atoms with Crippen molar-refractivity contribution in [3.8, 4) is 0 Å². The highest BCUT2D eigenvalue weighted by atomic mass is 16.5. The number of aromatic nitrogens is 1. The van der Waals surface area contributed by atoms with Crippen LogP contribution in [0.2, 0.25) is 0 Å². The van der Waals surface area contributed by atoms with Crippen LogP contribution in [0.25, 0.3) is 0 Å². The molecule has 0 radical (unpaired) electrons. The number of carbonyl (C=O) groups is 1. The summed E-state index contributed by atoms with van der Waals surface area (Å²) >= 11 is 0. The van der Waals surface area contributed by atoms with Gasteiger partial charge in [0.15, 0.2) is 0 Å². The zero-order valence-electron chi connectivity index (χ0n) is 16.6. The Balaban J connectivity index is 1.64. The molecule has 7 heteroatoms. The van der Waals surface area contributed by atoms with Gasteiger partial charge in [-0.15, -0.1) is 0 Å². The third kappa shape index (κ3) is 5.68. The van der Waals surface area contributed by atoms with Crippen LogP contribution in [0.1, 0.15) is 16.9 Å². The maximum atomic E-state index is 12.8. The minimum Gasteiger partial charge on any atom is -0.385 e. The first-order chi connectivity index (χ1) is 13.6. The number of benzene rings is 1. The van der Waals surface area contributed by atoms with E-state index in [1.54, 1.807) is 12.3 Å². The van der Waals surface area contributed by atoms with Crippen molar-refractivity contribution >= 4 is 23.0 Å². The second-order valence-corrected chi connectivity index (χ2v) is 7.08. The Morgan fingerprint density at radius 3 is 2.79 bits per heavy atom. The summed E-state index contributed by atoms with van der Waals surface area (Å²) in [4.78, 5) is 21.4. The summed E-state index contributed by atoms with van der Waals surface area (Å²) in [6, 6.07) is 11.5. The Labute approximate surface area is 166 Å². The maximum Gasteiger partial charge on any atom is 0.274 e. The molecule has 1 aliphatic rings. The molecule has 0 atom stereocenters. The SMILES string of the molecule is CN(C)CCCNc1ccnc(C(=O)Nc2ccccc2N2CCOCC2)c1. The molecule has 1 fully saturated rings. The highest BCUT2D eigenvalue weighted by Gasteiger charge is 2.17. The molecule has 2 heterocycles. The fourth-order valence-electron chi connectivity index (χ4n) is 3.14. The molecule has 0 unspecified atom stereocenters. The molecule has 1 aliphatic heterocycles. The second-order valence-electron chi connectivity index (χ2n) is 7.08. The summed E-state index contributed by atoms with van der Waals surface area (Å²) in [7, 11) is 4.12. The molecular formula is C21H29N5O2. The van der Waals surface area contributed by atoms with Crippen LogP contribution in [0, 0.1) is 0 Å². The summed E-state index contributed by atoms with van der Waals surface area (Å²) in [5.74, 6) is -0.211. The third-order valence-corrected chi connectivity index (χ3v) is 4.61. The first-order valence-electron chi connectivity index (χ1n) is 9.71. The lowest BCUT2D eigenvalue weighted by Crippen LogP contribution is -2.36. The van der Waals surface area contributed by atoms with Crippen molar-refractivity contribution in [1.82, 2.24) is 9.88 Å². The van der Waals surface area contributed by atoms with Gasteiger partial charge in [-0.05, 0) is 51.3 Å². The van der Waals surface area contributed by atoms with Crippen LogP contribution >= 0.6 is 0 Å². The normalized spacial score (nSPS) is 14.2. The monoisotopic (exact) mass is 383 g/mol. The van der Waals surface area contributed by atoms with Gasteiger partial charge in [-0.3, -0.25) is 9.78 Å². The van der Waals surface area contributed by atoms with E-state index in [1.165, 1.54) is 0 Å². The predicted octanol–water partition coefficient (Wildman–Crippen LogP) is 2.53. The van der Waals surface area contributed by atoms with E-state index in [4.69, 9.17) is 4.74 Å². The summed E-state index contributed by atoms with van der Waals surface area (Å²) in [6.07, 6.45) is 2.70. The van der Waals surface area contributed by atoms with E-state index in [1.807, 2.05) is 30.3 Å². The summed E-state index contributed by atoms with van der Waals surface area (Å²) in [6.45, 7) is 4.90. The molecule has 2 aromatic rings.